The van der Waals surface area contributed by atoms with E-state index in [0.717, 1.165) is 26.4 Å². The van der Waals surface area contributed by atoms with E-state index in [9.17, 15) is 13.2 Å². The maximum absolute atomic E-state index is 12.9. The average Bonchev–Trinajstić information content (AvgIpc) is 2.97. The summed E-state index contributed by atoms with van der Waals surface area (Å²) in [5.41, 5.74) is 3.29. The molecule has 0 bridgehead atoms. The number of carbonyl (C=O) groups excluding carboxylic acids is 1. The predicted octanol–water partition coefficient (Wildman–Crippen LogP) is 3.06. The van der Waals surface area contributed by atoms with E-state index in [1.165, 1.54) is 15.6 Å². The van der Waals surface area contributed by atoms with Gasteiger partial charge in [-0.25, -0.2) is 8.42 Å². The molecular weight excluding hydrogens is 380 g/mol. The van der Waals surface area contributed by atoms with Gasteiger partial charge in [0.2, 0.25) is 15.9 Å². The Balaban J connectivity index is 1.65. The molecular formula is C20H26N2O3S2. The molecule has 1 aromatic carbocycles. The lowest BCUT2D eigenvalue weighted by atomic mass is 10.0. The Morgan fingerprint density at radius 2 is 1.70 bits per heavy atom. The van der Waals surface area contributed by atoms with E-state index in [2.05, 4.69) is 6.07 Å². The summed E-state index contributed by atoms with van der Waals surface area (Å²) in [6.07, 6.45) is 0.364. The first-order chi connectivity index (χ1) is 12.7. The fourth-order valence-corrected chi connectivity index (χ4v) is 6.39. The number of thiophene rings is 1. The highest BCUT2D eigenvalue weighted by atomic mass is 32.2. The molecule has 2 aromatic rings. The second-order valence-corrected chi connectivity index (χ2v) is 10.5. The molecule has 2 heterocycles. The number of hydrogen-bond donors (Lipinski definition) is 0. The predicted molar refractivity (Wildman–Crippen MR) is 109 cm³/mol. The summed E-state index contributed by atoms with van der Waals surface area (Å²) in [5.74, 6) is 0.0586. The van der Waals surface area contributed by atoms with Crippen molar-refractivity contribution in [2.75, 3.05) is 26.2 Å². The monoisotopic (exact) mass is 406 g/mol. The van der Waals surface area contributed by atoms with E-state index in [1.807, 2.05) is 39.8 Å². The maximum Gasteiger partial charge on any atom is 0.244 e. The Hall–Kier alpha value is -1.70. The topological polar surface area (TPSA) is 57.7 Å². The highest BCUT2D eigenvalue weighted by molar-refractivity contribution is 7.89. The Morgan fingerprint density at radius 1 is 1.04 bits per heavy atom. The van der Waals surface area contributed by atoms with Crippen molar-refractivity contribution in [2.24, 2.45) is 0 Å². The average molecular weight is 407 g/mol. The lowest BCUT2D eigenvalue weighted by molar-refractivity contribution is -0.131. The Morgan fingerprint density at radius 3 is 2.30 bits per heavy atom. The number of carbonyl (C=O) groups is 1. The maximum atomic E-state index is 12.9. The Kier molecular flexibility index (Phi) is 5.74. The smallest absolute Gasteiger partial charge is 0.244 e. The van der Waals surface area contributed by atoms with Crippen molar-refractivity contribution in [2.45, 2.75) is 39.0 Å². The van der Waals surface area contributed by atoms with E-state index in [0.29, 0.717) is 37.5 Å². The lowest BCUT2D eigenvalue weighted by Crippen LogP contribution is -2.50. The van der Waals surface area contributed by atoms with Crippen LogP contribution >= 0.6 is 11.3 Å². The van der Waals surface area contributed by atoms with Crippen molar-refractivity contribution in [3.05, 3.63) is 50.7 Å². The molecule has 0 saturated carbocycles. The molecule has 1 aliphatic rings. The van der Waals surface area contributed by atoms with Gasteiger partial charge in [0.05, 0.1) is 11.3 Å². The van der Waals surface area contributed by atoms with E-state index < -0.39 is 10.0 Å². The molecule has 0 spiro atoms. The first kappa shape index (κ1) is 20.0. The minimum atomic E-state index is -3.49. The minimum Gasteiger partial charge on any atom is -0.340 e. The van der Waals surface area contributed by atoms with E-state index in [-0.39, 0.29) is 5.91 Å². The molecule has 1 aromatic heterocycles. The number of rotatable bonds is 4. The molecule has 7 heteroatoms. The summed E-state index contributed by atoms with van der Waals surface area (Å²) in [5, 5.41) is 0. The third kappa shape index (κ3) is 4.25. The lowest BCUT2D eigenvalue weighted by Gasteiger charge is -2.34. The Bertz CT molecular complexity index is 956. The summed E-state index contributed by atoms with van der Waals surface area (Å²) < 4.78 is 27.3. The summed E-state index contributed by atoms with van der Waals surface area (Å²) in [6.45, 7) is 9.35. The van der Waals surface area contributed by atoms with Crippen LogP contribution in [0.3, 0.4) is 0 Å². The summed E-state index contributed by atoms with van der Waals surface area (Å²) in [4.78, 5) is 16.7. The molecule has 146 valence electrons. The second-order valence-electron chi connectivity index (χ2n) is 7.17. The van der Waals surface area contributed by atoms with Gasteiger partial charge in [0.15, 0.2) is 0 Å². The van der Waals surface area contributed by atoms with E-state index in [1.54, 1.807) is 11.0 Å². The van der Waals surface area contributed by atoms with Gasteiger partial charge in [-0.2, -0.15) is 4.31 Å². The SMILES string of the molecule is Cc1ccc(C)c(CC(=O)N2CCN(S(=O)(=O)c3cc(C)sc3C)CC2)c1. The highest BCUT2D eigenvalue weighted by Gasteiger charge is 2.31. The number of benzene rings is 1. The number of hydrogen-bond acceptors (Lipinski definition) is 4. The first-order valence-electron chi connectivity index (χ1n) is 9.09. The van der Waals surface area contributed by atoms with Crippen LogP contribution in [0.25, 0.3) is 0 Å². The molecule has 27 heavy (non-hydrogen) atoms. The number of sulfonamides is 1. The molecule has 1 aliphatic heterocycles. The zero-order valence-electron chi connectivity index (χ0n) is 16.3. The molecule has 0 aliphatic carbocycles. The van der Waals surface area contributed by atoms with Crippen LogP contribution in [0.2, 0.25) is 0 Å². The number of nitrogens with zero attached hydrogens (tertiary/aromatic N) is 2. The van der Waals surface area contributed by atoms with Crippen molar-refractivity contribution in [3.63, 3.8) is 0 Å². The molecule has 3 rings (SSSR count). The van der Waals surface area contributed by atoms with Gasteiger partial charge in [-0.05, 0) is 44.9 Å². The van der Waals surface area contributed by atoms with Crippen LogP contribution in [0, 0.1) is 27.7 Å². The van der Waals surface area contributed by atoms with Gasteiger partial charge in [-0.1, -0.05) is 23.8 Å². The zero-order valence-corrected chi connectivity index (χ0v) is 17.9. The van der Waals surface area contributed by atoms with E-state index in [4.69, 9.17) is 0 Å². The minimum absolute atomic E-state index is 0.0586. The summed E-state index contributed by atoms with van der Waals surface area (Å²) in [7, 11) is -3.49. The third-order valence-corrected chi connectivity index (χ3v) is 8.17. The number of aryl methyl sites for hydroxylation is 4. The van der Waals surface area contributed by atoms with Gasteiger partial charge >= 0.3 is 0 Å². The summed E-state index contributed by atoms with van der Waals surface area (Å²) >= 11 is 1.50. The molecule has 5 nitrogen and oxygen atoms in total. The van der Waals surface area contributed by atoms with Gasteiger partial charge in [0.25, 0.3) is 0 Å². The second kappa shape index (κ2) is 7.73. The number of amides is 1. The molecule has 0 unspecified atom stereocenters. The van der Waals surface area contributed by atoms with Gasteiger partial charge in [0.1, 0.15) is 0 Å². The van der Waals surface area contributed by atoms with Crippen LogP contribution in [0.4, 0.5) is 0 Å². The van der Waals surface area contributed by atoms with Crippen molar-refractivity contribution < 1.29 is 13.2 Å². The fourth-order valence-electron chi connectivity index (χ4n) is 3.45. The van der Waals surface area contributed by atoms with Crippen LogP contribution in [0.15, 0.2) is 29.2 Å². The van der Waals surface area contributed by atoms with Crippen molar-refractivity contribution in [1.82, 2.24) is 9.21 Å². The van der Waals surface area contributed by atoms with E-state index >= 15 is 0 Å². The fraction of sp³-hybridized carbons (Fsp3) is 0.450. The van der Waals surface area contributed by atoms with Crippen molar-refractivity contribution in [3.8, 4) is 0 Å². The Labute approximate surface area is 165 Å². The summed E-state index contributed by atoms with van der Waals surface area (Å²) in [6, 6.07) is 7.87. The van der Waals surface area contributed by atoms with Gasteiger partial charge in [-0.3, -0.25) is 4.79 Å². The molecule has 1 amide bonds. The molecule has 0 atom stereocenters. The van der Waals surface area contributed by atoms with Gasteiger partial charge in [-0.15, -0.1) is 11.3 Å². The molecule has 1 saturated heterocycles. The van der Waals surface area contributed by atoms with Gasteiger partial charge in [0, 0.05) is 35.9 Å². The van der Waals surface area contributed by atoms with Crippen LogP contribution in [0.5, 0.6) is 0 Å². The number of piperazine rings is 1. The largest absolute Gasteiger partial charge is 0.340 e. The normalized spacial score (nSPS) is 15.9. The quantitative estimate of drug-likeness (QED) is 0.784. The molecule has 0 N–H and O–H groups in total. The van der Waals surface area contributed by atoms with Crippen molar-refractivity contribution in [1.29, 1.82) is 0 Å². The molecule has 0 radical (unpaired) electrons. The van der Waals surface area contributed by atoms with Crippen LogP contribution in [-0.2, 0) is 21.2 Å². The third-order valence-electron chi connectivity index (χ3n) is 5.05. The standard InChI is InChI=1S/C20H26N2O3S2/c1-14-5-6-15(2)18(11-14)13-20(23)21-7-9-22(10-8-21)27(24,25)19-12-16(3)26-17(19)4/h5-6,11-12H,7-10,13H2,1-4H3. The van der Waals surface area contributed by atoms with Gasteiger partial charge < -0.3 is 4.90 Å². The first-order valence-corrected chi connectivity index (χ1v) is 11.3. The van der Waals surface area contributed by atoms with Crippen LogP contribution in [0.1, 0.15) is 26.4 Å². The van der Waals surface area contributed by atoms with Crippen LogP contribution < -0.4 is 0 Å². The molecule has 1 fully saturated rings. The highest BCUT2D eigenvalue weighted by Crippen LogP contribution is 2.28. The van der Waals surface area contributed by atoms with Crippen LogP contribution in [-0.4, -0.2) is 49.7 Å². The zero-order chi connectivity index (χ0) is 19.8. The van der Waals surface area contributed by atoms with Crippen molar-refractivity contribution >= 4 is 27.3 Å².